The number of nitrogens with zero attached hydrogens (tertiary/aromatic N) is 1. The van der Waals surface area contributed by atoms with Crippen LogP contribution in [0.4, 0.5) is 0 Å². The Kier molecular flexibility index (Phi) is 2.37. The van der Waals surface area contributed by atoms with Gasteiger partial charge < -0.3 is 9.84 Å². The Morgan fingerprint density at radius 3 is 2.93 bits per heavy atom. The fraction of sp³-hybridized carbons (Fsp3) is 0.417. The van der Waals surface area contributed by atoms with Gasteiger partial charge in [0.2, 0.25) is 0 Å². The molecule has 1 aromatic rings. The van der Waals surface area contributed by atoms with E-state index in [1.54, 1.807) is 6.92 Å². The van der Waals surface area contributed by atoms with E-state index < -0.39 is 11.5 Å². The molecule has 78 valence electrons. The average Bonchev–Trinajstić information content (AvgIpc) is 2.28. The molecule has 3 nitrogen and oxygen atoms in total. The van der Waals surface area contributed by atoms with Gasteiger partial charge in [-0.3, -0.25) is 0 Å². The SMILES string of the molecule is CC(O)C1(C#N)CCOc2ccccc21. The van der Waals surface area contributed by atoms with Gasteiger partial charge in [-0.1, -0.05) is 18.2 Å². The Morgan fingerprint density at radius 1 is 1.53 bits per heavy atom. The molecule has 3 heteroatoms. The Balaban J connectivity index is 2.58. The van der Waals surface area contributed by atoms with Gasteiger partial charge in [-0.2, -0.15) is 5.26 Å². The summed E-state index contributed by atoms with van der Waals surface area (Å²) in [5, 5.41) is 19.1. The topological polar surface area (TPSA) is 53.2 Å². The van der Waals surface area contributed by atoms with Crippen LogP contribution < -0.4 is 4.74 Å². The summed E-state index contributed by atoms with van der Waals surface area (Å²) in [7, 11) is 0. The first kappa shape index (κ1) is 10.0. The highest BCUT2D eigenvalue weighted by Crippen LogP contribution is 2.40. The van der Waals surface area contributed by atoms with Gasteiger partial charge in [-0.15, -0.1) is 0 Å². The largest absolute Gasteiger partial charge is 0.493 e. The molecular formula is C12H13NO2. The summed E-state index contributed by atoms with van der Waals surface area (Å²) >= 11 is 0. The van der Waals surface area contributed by atoms with Crippen molar-refractivity contribution in [3.8, 4) is 11.8 Å². The van der Waals surface area contributed by atoms with E-state index in [9.17, 15) is 10.4 Å². The zero-order valence-electron chi connectivity index (χ0n) is 8.60. The van der Waals surface area contributed by atoms with E-state index in [2.05, 4.69) is 6.07 Å². The van der Waals surface area contributed by atoms with E-state index in [1.165, 1.54) is 0 Å². The first-order chi connectivity index (χ1) is 7.20. The van der Waals surface area contributed by atoms with Crippen molar-refractivity contribution in [2.24, 2.45) is 0 Å². The van der Waals surface area contributed by atoms with Crippen LogP contribution in [-0.4, -0.2) is 17.8 Å². The second kappa shape index (κ2) is 3.56. The summed E-state index contributed by atoms with van der Waals surface area (Å²) in [4.78, 5) is 0. The van der Waals surface area contributed by atoms with E-state index >= 15 is 0 Å². The van der Waals surface area contributed by atoms with Gasteiger partial charge in [-0.25, -0.2) is 0 Å². The zero-order chi connectivity index (χ0) is 10.9. The highest BCUT2D eigenvalue weighted by atomic mass is 16.5. The molecule has 0 aliphatic carbocycles. The van der Waals surface area contributed by atoms with Crippen LogP contribution in [0.5, 0.6) is 5.75 Å². The summed E-state index contributed by atoms with van der Waals surface area (Å²) in [5.41, 5.74) is -0.0109. The van der Waals surface area contributed by atoms with E-state index in [4.69, 9.17) is 4.74 Å². The number of hydrogen-bond acceptors (Lipinski definition) is 3. The quantitative estimate of drug-likeness (QED) is 0.754. The number of ether oxygens (including phenoxy) is 1. The minimum atomic E-state index is -0.811. The molecule has 15 heavy (non-hydrogen) atoms. The van der Waals surface area contributed by atoms with Crippen LogP contribution in [-0.2, 0) is 5.41 Å². The van der Waals surface area contributed by atoms with Crippen molar-refractivity contribution < 1.29 is 9.84 Å². The van der Waals surface area contributed by atoms with Crippen LogP contribution in [0.2, 0.25) is 0 Å². The third-order valence-corrected chi connectivity index (χ3v) is 3.03. The third kappa shape index (κ3) is 1.38. The van der Waals surface area contributed by atoms with Gasteiger partial charge in [0, 0.05) is 12.0 Å². The number of aliphatic hydroxyl groups is 1. The molecule has 0 bridgehead atoms. The second-order valence-corrected chi connectivity index (χ2v) is 3.85. The van der Waals surface area contributed by atoms with E-state index in [0.717, 1.165) is 5.56 Å². The minimum Gasteiger partial charge on any atom is -0.493 e. The van der Waals surface area contributed by atoms with Crippen molar-refractivity contribution in [1.82, 2.24) is 0 Å². The summed E-state index contributed by atoms with van der Waals surface area (Å²) in [6, 6.07) is 9.66. The van der Waals surface area contributed by atoms with Crippen LogP contribution in [0.15, 0.2) is 24.3 Å². The Bertz CT molecular complexity index is 408. The molecule has 0 spiro atoms. The maximum absolute atomic E-state index is 9.80. The van der Waals surface area contributed by atoms with Crippen LogP contribution >= 0.6 is 0 Å². The molecule has 0 saturated carbocycles. The van der Waals surface area contributed by atoms with Crippen molar-refractivity contribution in [3.05, 3.63) is 29.8 Å². The first-order valence-electron chi connectivity index (χ1n) is 5.02. The van der Waals surface area contributed by atoms with Crippen LogP contribution in [0.25, 0.3) is 0 Å². The molecule has 1 N–H and O–H groups in total. The fourth-order valence-electron chi connectivity index (χ4n) is 2.06. The Labute approximate surface area is 88.9 Å². The lowest BCUT2D eigenvalue weighted by Gasteiger charge is -2.35. The van der Waals surface area contributed by atoms with E-state index in [1.807, 2.05) is 24.3 Å². The van der Waals surface area contributed by atoms with Crippen LogP contribution in [0.3, 0.4) is 0 Å². The molecule has 0 radical (unpaired) electrons. The molecule has 0 aromatic heterocycles. The van der Waals surface area contributed by atoms with E-state index in [0.29, 0.717) is 18.8 Å². The predicted octanol–water partition coefficient (Wildman–Crippen LogP) is 1.61. The van der Waals surface area contributed by atoms with Gasteiger partial charge in [-0.05, 0) is 13.0 Å². The summed E-state index contributed by atoms with van der Waals surface area (Å²) in [5.74, 6) is 0.714. The van der Waals surface area contributed by atoms with Crippen molar-refractivity contribution in [3.63, 3.8) is 0 Å². The Hall–Kier alpha value is -1.53. The first-order valence-corrected chi connectivity index (χ1v) is 5.02. The molecule has 1 aliphatic rings. The summed E-state index contributed by atoms with van der Waals surface area (Å²) < 4.78 is 5.47. The predicted molar refractivity (Wildman–Crippen MR) is 55.5 cm³/mol. The highest BCUT2D eigenvalue weighted by molar-refractivity contribution is 5.46. The molecule has 0 fully saturated rings. The zero-order valence-corrected chi connectivity index (χ0v) is 8.60. The van der Waals surface area contributed by atoms with E-state index in [-0.39, 0.29) is 0 Å². The molecule has 2 atom stereocenters. The lowest BCUT2D eigenvalue weighted by atomic mass is 9.73. The molecule has 0 saturated heterocycles. The Morgan fingerprint density at radius 2 is 2.27 bits per heavy atom. The number of benzene rings is 1. The number of hydrogen-bond donors (Lipinski definition) is 1. The number of aliphatic hydroxyl groups excluding tert-OH is 1. The second-order valence-electron chi connectivity index (χ2n) is 3.85. The molecular weight excluding hydrogens is 190 g/mol. The maximum Gasteiger partial charge on any atom is 0.124 e. The van der Waals surface area contributed by atoms with Gasteiger partial charge >= 0.3 is 0 Å². The minimum absolute atomic E-state index is 0.482. The monoisotopic (exact) mass is 203 g/mol. The molecule has 2 rings (SSSR count). The van der Waals surface area contributed by atoms with Gasteiger partial charge in [0.1, 0.15) is 11.2 Å². The van der Waals surface area contributed by atoms with Crippen molar-refractivity contribution in [2.45, 2.75) is 24.9 Å². The van der Waals surface area contributed by atoms with Crippen molar-refractivity contribution >= 4 is 0 Å². The number of para-hydroxylation sites is 1. The lowest BCUT2D eigenvalue weighted by Crippen LogP contribution is -2.40. The summed E-state index contributed by atoms with van der Waals surface area (Å²) in [6.45, 7) is 2.14. The van der Waals surface area contributed by atoms with Crippen LogP contribution in [0.1, 0.15) is 18.9 Å². The standard InChI is InChI=1S/C12H13NO2/c1-9(14)12(8-13)6-7-15-11-5-3-2-4-10(11)12/h2-5,9,14H,6-7H2,1H3. The summed E-state index contributed by atoms with van der Waals surface area (Å²) in [6.07, 6.45) is -0.148. The van der Waals surface area contributed by atoms with Crippen LogP contribution in [0, 0.1) is 11.3 Å². The van der Waals surface area contributed by atoms with Gasteiger partial charge in [0.15, 0.2) is 0 Å². The third-order valence-electron chi connectivity index (χ3n) is 3.03. The van der Waals surface area contributed by atoms with Crippen molar-refractivity contribution in [2.75, 3.05) is 6.61 Å². The molecule has 1 heterocycles. The maximum atomic E-state index is 9.80. The smallest absolute Gasteiger partial charge is 0.124 e. The van der Waals surface area contributed by atoms with Gasteiger partial charge in [0.25, 0.3) is 0 Å². The average molecular weight is 203 g/mol. The molecule has 1 aromatic carbocycles. The number of fused-ring (bicyclic) bond motifs is 1. The fourth-order valence-corrected chi connectivity index (χ4v) is 2.06. The highest BCUT2D eigenvalue weighted by Gasteiger charge is 2.42. The molecule has 2 unspecified atom stereocenters. The number of rotatable bonds is 1. The lowest BCUT2D eigenvalue weighted by molar-refractivity contribution is 0.0954. The van der Waals surface area contributed by atoms with Crippen molar-refractivity contribution in [1.29, 1.82) is 5.26 Å². The molecule has 0 amide bonds. The number of nitriles is 1. The normalized spacial score (nSPS) is 25.9. The van der Waals surface area contributed by atoms with Gasteiger partial charge in [0.05, 0.1) is 18.8 Å². The molecule has 1 aliphatic heterocycles.